The van der Waals surface area contributed by atoms with Crippen molar-refractivity contribution in [2.45, 2.75) is 4.90 Å². The number of nitrogens with zero attached hydrogens (tertiary/aromatic N) is 3. The van der Waals surface area contributed by atoms with Crippen molar-refractivity contribution in [1.29, 1.82) is 0 Å². The second kappa shape index (κ2) is 9.44. The lowest BCUT2D eigenvalue weighted by atomic mass is 10.1. The number of carbonyl (C=O) groups is 1. The van der Waals surface area contributed by atoms with Crippen molar-refractivity contribution >= 4 is 51.4 Å². The van der Waals surface area contributed by atoms with E-state index in [0.717, 1.165) is 26.7 Å². The summed E-state index contributed by atoms with van der Waals surface area (Å²) in [5.74, 6) is 0.594. The number of benzene rings is 3. The molecule has 1 aromatic heterocycles. The van der Waals surface area contributed by atoms with E-state index in [1.165, 1.54) is 30.1 Å². The molecule has 4 aromatic rings. The number of hydrazone groups is 1. The van der Waals surface area contributed by atoms with Gasteiger partial charge in [-0.15, -0.1) is 11.8 Å². The van der Waals surface area contributed by atoms with E-state index < -0.39 is 4.92 Å². The summed E-state index contributed by atoms with van der Waals surface area (Å²) in [6.45, 7) is 0. The van der Waals surface area contributed by atoms with Crippen LogP contribution in [0.4, 0.5) is 5.69 Å². The van der Waals surface area contributed by atoms with Gasteiger partial charge in [0.2, 0.25) is 5.91 Å². The van der Waals surface area contributed by atoms with Crippen LogP contribution in [0, 0.1) is 10.1 Å². The van der Waals surface area contributed by atoms with Crippen LogP contribution in [0.25, 0.3) is 21.8 Å². The molecule has 0 radical (unpaired) electrons. The smallest absolute Gasteiger partial charge is 0.269 e. The van der Waals surface area contributed by atoms with Crippen LogP contribution in [0.5, 0.6) is 5.75 Å². The summed E-state index contributed by atoms with van der Waals surface area (Å²) in [5.41, 5.74) is 4.80. The SMILES string of the molecule is COc1ccc2nc3ccccc3c(SCC(=O)N/N=C/c3ccc([N+](=O)[O-])cc3)c2c1. The van der Waals surface area contributed by atoms with E-state index in [0.29, 0.717) is 11.3 Å². The van der Waals surface area contributed by atoms with Crippen molar-refractivity contribution in [2.24, 2.45) is 5.10 Å². The Morgan fingerprint density at radius 2 is 1.88 bits per heavy atom. The van der Waals surface area contributed by atoms with Gasteiger partial charge in [-0.1, -0.05) is 18.2 Å². The summed E-state index contributed by atoms with van der Waals surface area (Å²) in [5, 5.41) is 16.5. The van der Waals surface area contributed by atoms with Crippen molar-refractivity contribution in [3.8, 4) is 5.75 Å². The summed E-state index contributed by atoms with van der Waals surface area (Å²) in [4.78, 5) is 28.3. The van der Waals surface area contributed by atoms with Gasteiger partial charge in [-0.2, -0.15) is 5.10 Å². The van der Waals surface area contributed by atoms with Gasteiger partial charge in [-0.3, -0.25) is 14.9 Å². The molecule has 1 heterocycles. The summed E-state index contributed by atoms with van der Waals surface area (Å²) < 4.78 is 5.36. The zero-order valence-electron chi connectivity index (χ0n) is 17.0. The first kappa shape index (κ1) is 21.3. The maximum absolute atomic E-state index is 12.4. The first-order valence-corrected chi connectivity index (χ1v) is 10.6. The van der Waals surface area contributed by atoms with Gasteiger partial charge in [0.15, 0.2) is 0 Å². The maximum Gasteiger partial charge on any atom is 0.269 e. The molecule has 32 heavy (non-hydrogen) atoms. The van der Waals surface area contributed by atoms with E-state index in [2.05, 4.69) is 10.5 Å². The number of hydrogen-bond acceptors (Lipinski definition) is 7. The number of hydrogen-bond donors (Lipinski definition) is 1. The van der Waals surface area contributed by atoms with Crippen LogP contribution in [0.2, 0.25) is 0 Å². The molecular weight excluding hydrogens is 428 g/mol. The number of non-ortho nitro benzene ring substituents is 1. The largest absolute Gasteiger partial charge is 0.497 e. The van der Waals surface area contributed by atoms with Gasteiger partial charge in [0.25, 0.3) is 5.69 Å². The van der Waals surface area contributed by atoms with Crippen molar-refractivity contribution in [1.82, 2.24) is 10.4 Å². The second-order valence-corrected chi connectivity index (χ2v) is 7.76. The molecule has 0 unspecified atom stereocenters. The van der Waals surface area contributed by atoms with Crippen LogP contribution in [-0.2, 0) is 4.79 Å². The molecule has 8 nitrogen and oxygen atoms in total. The zero-order chi connectivity index (χ0) is 22.5. The fraction of sp³-hybridized carbons (Fsp3) is 0.0870. The lowest BCUT2D eigenvalue weighted by Gasteiger charge is -2.11. The molecule has 0 atom stereocenters. The van der Waals surface area contributed by atoms with E-state index >= 15 is 0 Å². The molecule has 0 fully saturated rings. The Hall–Kier alpha value is -3.98. The Bertz CT molecular complexity index is 1340. The minimum absolute atomic E-state index is 0.00369. The number of nitro benzene ring substituents is 1. The highest BCUT2D eigenvalue weighted by Gasteiger charge is 2.12. The summed E-state index contributed by atoms with van der Waals surface area (Å²) in [6, 6.07) is 19.4. The predicted molar refractivity (Wildman–Crippen MR) is 125 cm³/mol. The normalized spacial score (nSPS) is 11.2. The molecule has 9 heteroatoms. The number of fused-ring (bicyclic) bond motifs is 2. The number of pyridine rings is 1. The molecule has 0 bridgehead atoms. The Morgan fingerprint density at radius 3 is 2.62 bits per heavy atom. The predicted octanol–water partition coefficient (Wildman–Crippen LogP) is 4.55. The number of ether oxygens (including phenoxy) is 1. The first-order valence-electron chi connectivity index (χ1n) is 9.61. The van der Waals surface area contributed by atoms with Gasteiger partial charge in [0.05, 0.1) is 35.0 Å². The van der Waals surface area contributed by atoms with Gasteiger partial charge in [0, 0.05) is 27.8 Å². The number of nitrogens with one attached hydrogen (secondary N) is 1. The molecule has 3 aromatic carbocycles. The number of thioether (sulfide) groups is 1. The Balaban J connectivity index is 1.50. The third-order valence-corrected chi connectivity index (χ3v) is 5.83. The molecule has 4 rings (SSSR count). The van der Waals surface area contributed by atoms with Gasteiger partial charge >= 0.3 is 0 Å². The van der Waals surface area contributed by atoms with Crippen LogP contribution in [-0.4, -0.2) is 34.9 Å². The number of carbonyl (C=O) groups excluding carboxylic acids is 1. The number of aromatic nitrogens is 1. The van der Waals surface area contributed by atoms with Gasteiger partial charge in [-0.05, 0) is 42.0 Å². The third-order valence-electron chi connectivity index (χ3n) is 4.69. The fourth-order valence-electron chi connectivity index (χ4n) is 3.15. The quantitative estimate of drug-likeness (QED) is 0.147. The molecule has 160 valence electrons. The number of amides is 1. The standard InChI is InChI=1S/C23H18N4O4S/c1-31-17-10-11-21-19(12-17)23(18-4-2-3-5-20(18)25-21)32-14-22(28)26-24-13-15-6-8-16(9-7-15)27(29)30/h2-13H,14H2,1H3,(H,26,28)/b24-13+. The highest BCUT2D eigenvalue weighted by Crippen LogP contribution is 2.35. The average molecular weight is 446 g/mol. The van der Waals surface area contributed by atoms with E-state index in [4.69, 9.17) is 9.72 Å². The summed E-state index contributed by atoms with van der Waals surface area (Å²) in [7, 11) is 1.61. The average Bonchev–Trinajstić information content (AvgIpc) is 2.81. The first-order chi connectivity index (χ1) is 15.5. The number of nitro groups is 1. The van der Waals surface area contributed by atoms with Crippen LogP contribution in [0.1, 0.15) is 5.56 Å². The number of rotatable bonds is 7. The maximum atomic E-state index is 12.4. The molecule has 1 amide bonds. The molecule has 0 aliphatic rings. The minimum Gasteiger partial charge on any atom is -0.497 e. The molecule has 0 saturated heterocycles. The van der Waals surface area contributed by atoms with Crippen molar-refractivity contribution < 1.29 is 14.5 Å². The van der Waals surface area contributed by atoms with Crippen molar-refractivity contribution in [2.75, 3.05) is 12.9 Å². The van der Waals surface area contributed by atoms with Gasteiger partial charge in [-0.25, -0.2) is 10.4 Å². The number of para-hydroxylation sites is 1. The zero-order valence-corrected chi connectivity index (χ0v) is 17.8. The third kappa shape index (κ3) is 4.68. The summed E-state index contributed by atoms with van der Waals surface area (Å²) >= 11 is 1.40. The lowest BCUT2D eigenvalue weighted by molar-refractivity contribution is -0.384. The van der Waals surface area contributed by atoms with E-state index in [-0.39, 0.29) is 17.3 Å². The van der Waals surface area contributed by atoms with Crippen LogP contribution in [0.15, 0.2) is 76.7 Å². The van der Waals surface area contributed by atoms with Crippen LogP contribution < -0.4 is 10.2 Å². The highest BCUT2D eigenvalue weighted by molar-refractivity contribution is 8.00. The lowest BCUT2D eigenvalue weighted by Crippen LogP contribution is -2.19. The molecule has 0 aliphatic heterocycles. The summed E-state index contributed by atoms with van der Waals surface area (Å²) in [6.07, 6.45) is 1.44. The van der Waals surface area contributed by atoms with Gasteiger partial charge in [0.1, 0.15) is 5.75 Å². The molecular formula is C23H18N4O4S. The molecule has 0 spiro atoms. The Kier molecular flexibility index (Phi) is 6.27. The van der Waals surface area contributed by atoms with Crippen LogP contribution >= 0.6 is 11.8 Å². The molecule has 0 saturated carbocycles. The van der Waals surface area contributed by atoms with E-state index in [9.17, 15) is 14.9 Å². The Morgan fingerprint density at radius 1 is 1.12 bits per heavy atom. The Labute approximate surface area is 187 Å². The monoisotopic (exact) mass is 446 g/mol. The molecule has 0 aliphatic carbocycles. The van der Waals surface area contributed by atoms with Gasteiger partial charge < -0.3 is 4.74 Å². The fourth-order valence-corrected chi connectivity index (χ4v) is 4.13. The van der Waals surface area contributed by atoms with Crippen molar-refractivity contribution in [3.05, 3.63) is 82.4 Å². The van der Waals surface area contributed by atoms with Crippen LogP contribution in [0.3, 0.4) is 0 Å². The van der Waals surface area contributed by atoms with E-state index in [1.807, 2.05) is 42.5 Å². The number of methoxy groups -OCH3 is 1. The van der Waals surface area contributed by atoms with E-state index in [1.54, 1.807) is 19.2 Å². The second-order valence-electron chi connectivity index (χ2n) is 6.77. The topological polar surface area (TPSA) is 107 Å². The highest BCUT2D eigenvalue weighted by atomic mass is 32.2. The molecule has 1 N–H and O–H groups in total. The van der Waals surface area contributed by atoms with Crippen molar-refractivity contribution in [3.63, 3.8) is 0 Å². The minimum atomic E-state index is -0.470.